The van der Waals surface area contributed by atoms with Crippen LogP contribution in [-0.4, -0.2) is 9.97 Å². The summed E-state index contributed by atoms with van der Waals surface area (Å²) in [7, 11) is 0. The summed E-state index contributed by atoms with van der Waals surface area (Å²) in [5.74, 6) is 0.507. The highest BCUT2D eigenvalue weighted by molar-refractivity contribution is 5.18. The van der Waals surface area contributed by atoms with E-state index in [0.29, 0.717) is 5.92 Å². The molecule has 0 unspecified atom stereocenters. The Hall–Kier alpha value is -0.920. The lowest BCUT2D eigenvalue weighted by Crippen LogP contribution is -1.99. The maximum atomic E-state index is 4.24. The molecule has 1 aromatic rings. The molecule has 0 spiro atoms. The summed E-state index contributed by atoms with van der Waals surface area (Å²) in [5.41, 5.74) is 2.45. The molecule has 0 fully saturated rings. The Balaban J connectivity index is 3.02. The van der Waals surface area contributed by atoms with E-state index in [1.807, 2.05) is 6.20 Å². The average Bonchev–Trinajstić information content (AvgIpc) is 2.04. The molecule has 0 bridgehead atoms. The zero-order chi connectivity index (χ0) is 8.27. The number of hydrogen-bond acceptors (Lipinski definition) is 2. The molecule has 0 aliphatic carbocycles. The zero-order valence-corrected chi connectivity index (χ0v) is 7.33. The van der Waals surface area contributed by atoms with Crippen molar-refractivity contribution in [2.75, 3.05) is 0 Å². The van der Waals surface area contributed by atoms with Crippen molar-refractivity contribution in [3.8, 4) is 0 Å². The van der Waals surface area contributed by atoms with E-state index in [4.69, 9.17) is 0 Å². The molecule has 60 valence electrons. The Bertz CT molecular complexity index is 231. The van der Waals surface area contributed by atoms with Crippen molar-refractivity contribution in [2.45, 2.75) is 33.1 Å². The highest BCUT2D eigenvalue weighted by Gasteiger charge is 2.04. The Kier molecular flexibility index (Phi) is 2.58. The van der Waals surface area contributed by atoms with Gasteiger partial charge in [0.25, 0.3) is 0 Å². The lowest BCUT2D eigenvalue weighted by molar-refractivity contribution is 0.788. The molecule has 0 radical (unpaired) electrons. The van der Waals surface area contributed by atoms with Crippen LogP contribution in [0.5, 0.6) is 0 Å². The lowest BCUT2D eigenvalue weighted by Gasteiger charge is -2.07. The van der Waals surface area contributed by atoms with Gasteiger partial charge in [-0.1, -0.05) is 20.8 Å². The second-order valence-electron chi connectivity index (χ2n) is 2.94. The van der Waals surface area contributed by atoms with E-state index in [1.165, 1.54) is 11.3 Å². The smallest absolute Gasteiger partial charge is 0.115 e. The standard InChI is InChI=1S/C9H14N2/c1-4-8-5-10-6-11-9(8)7(2)3/h5-7H,4H2,1-3H3. The van der Waals surface area contributed by atoms with Gasteiger partial charge in [0.2, 0.25) is 0 Å². The third-order valence-electron chi connectivity index (χ3n) is 1.75. The van der Waals surface area contributed by atoms with Crippen LogP contribution >= 0.6 is 0 Å². The van der Waals surface area contributed by atoms with Gasteiger partial charge in [-0.2, -0.15) is 0 Å². The van der Waals surface area contributed by atoms with E-state index < -0.39 is 0 Å². The maximum absolute atomic E-state index is 4.24. The van der Waals surface area contributed by atoms with Crippen LogP contribution in [0.4, 0.5) is 0 Å². The quantitative estimate of drug-likeness (QED) is 0.645. The summed E-state index contributed by atoms with van der Waals surface area (Å²) in [4.78, 5) is 8.23. The molecule has 2 heteroatoms. The van der Waals surface area contributed by atoms with Crippen molar-refractivity contribution >= 4 is 0 Å². The van der Waals surface area contributed by atoms with Crippen molar-refractivity contribution < 1.29 is 0 Å². The number of aryl methyl sites for hydroxylation is 1. The van der Waals surface area contributed by atoms with Gasteiger partial charge in [0.05, 0.1) is 0 Å². The molecular formula is C9H14N2. The third-order valence-corrected chi connectivity index (χ3v) is 1.75. The van der Waals surface area contributed by atoms with Gasteiger partial charge in [-0.25, -0.2) is 9.97 Å². The first-order valence-electron chi connectivity index (χ1n) is 4.04. The summed E-state index contributed by atoms with van der Waals surface area (Å²) in [6.45, 7) is 6.44. The number of rotatable bonds is 2. The van der Waals surface area contributed by atoms with E-state index >= 15 is 0 Å². The van der Waals surface area contributed by atoms with Crippen molar-refractivity contribution in [1.82, 2.24) is 9.97 Å². The summed E-state index contributed by atoms with van der Waals surface area (Å²) in [6, 6.07) is 0. The van der Waals surface area contributed by atoms with E-state index in [2.05, 4.69) is 30.7 Å². The highest BCUT2D eigenvalue weighted by atomic mass is 14.8. The number of hydrogen-bond donors (Lipinski definition) is 0. The van der Waals surface area contributed by atoms with E-state index in [-0.39, 0.29) is 0 Å². The average molecular weight is 150 g/mol. The highest BCUT2D eigenvalue weighted by Crippen LogP contribution is 2.15. The van der Waals surface area contributed by atoms with Crippen LogP contribution in [0, 0.1) is 0 Å². The molecule has 1 heterocycles. The fraction of sp³-hybridized carbons (Fsp3) is 0.556. The van der Waals surface area contributed by atoms with Gasteiger partial charge in [-0.05, 0) is 17.9 Å². The molecular weight excluding hydrogens is 136 g/mol. The molecule has 0 aliphatic rings. The minimum atomic E-state index is 0.507. The summed E-state index contributed by atoms with van der Waals surface area (Å²) >= 11 is 0. The molecule has 0 N–H and O–H groups in total. The molecule has 0 aliphatic heterocycles. The first kappa shape index (κ1) is 8.18. The van der Waals surface area contributed by atoms with Crippen molar-refractivity contribution in [3.63, 3.8) is 0 Å². The summed E-state index contributed by atoms with van der Waals surface area (Å²) < 4.78 is 0. The van der Waals surface area contributed by atoms with Gasteiger partial charge in [0.15, 0.2) is 0 Å². The molecule has 1 rings (SSSR count). The monoisotopic (exact) mass is 150 g/mol. The molecule has 11 heavy (non-hydrogen) atoms. The predicted molar refractivity (Wildman–Crippen MR) is 45.5 cm³/mol. The Morgan fingerprint density at radius 3 is 2.64 bits per heavy atom. The van der Waals surface area contributed by atoms with Crippen LogP contribution in [0.15, 0.2) is 12.5 Å². The number of nitrogens with zero attached hydrogens (tertiary/aromatic N) is 2. The van der Waals surface area contributed by atoms with Crippen molar-refractivity contribution in [3.05, 3.63) is 23.8 Å². The minimum Gasteiger partial charge on any atom is -0.245 e. The molecule has 0 amide bonds. The molecule has 0 saturated heterocycles. The predicted octanol–water partition coefficient (Wildman–Crippen LogP) is 2.16. The van der Waals surface area contributed by atoms with E-state index in [1.54, 1.807) is 6.33 Å². The van der Waals surface area contributed by atoms with Crippen LogP contribution < -0.4 is 0 Å². The van der Waals surface area contributed by atoms with Gasteiger partial charge >= 0.3 is 0 Å². The topological polar surface area (TPSA) is 25.8 Å². The van der Waals surface area contributed by atoms with Gasteiger partial charge in [-0.15, -0.1) is 0 Å². The third kappa shape index (κ3) is 1.76. The van der Waals surface area contributed by atoms with Crippen LogP contribution in [-0.2, 0) is 6.42 Å². The second-order valence-corrected chi connectivity index (χ2v) is 2.94. The zero-order valence-electron chi connectivity index (χ0n) is 7.33. The fourth-order valence-electron chi connectivity index (χ4n) is 1.16. The Morgan fingerprint density at radius 2 is 2.18 bits per heavy atom. The lowest BCUT2D eigenvalue weighted by atomic mass is 10.0. The maximum Gasteiger partial charge on any atom is 0.115 e. The van der Waals surface area contributed by atoms with Crippen LogP contribution in [0.1, 0.15) is 37.9 Å². The first-order chi connectivity index (χ1) is 5.25. The summed E-state index contributed by atoms with van der Waals surface area (Å²) in [6.07, 6.45) is 4.55. The molecule has 1 aromatic heterocycles. The van der Waals surface area contributed by atoms with E-state index in [0.717, 1.165) is 6.42 Å². The first-order valence-corrected chi connectivity index (χ1v) is 4.04. The van der Waals surface area contributed by atoms with Crippen LogP contribution in [0.2, 0.25) is 0 Å². The molecule has 0 atom stereocenters. The summed E-state index contributed by atoms with van der Waals surface area (Å²) in [5, 5.41) is 0. The molecule has 0 aromatic carbocycles. The van der Waals surface area contributed by atoms with Crippen molar-refractivity contribution in [2.24, 2.45) is 0 Å². The van der Waals surface area contributed by atoms with Crippen molar-refractivity contribution in [1.29, 1.82) is 0 Å². The van der Waals surface area contributed by atoms with Gasteiger partial charge in [0.1, 0.15) is 6.33 Å². The van der Waals surface area contributed by atoms with E-state index in [9.17, 15) is 0 Å². The number of aromatic nitrogens is 2. The minimum absolute atomic E-state index is 0.507. The van der Waals surface area contributed by atoms with Crippen LogP contribution in [0.25, 0.3) is 0 Å². The Morgan fingerprint density at radius 1 is 1.45 bits per heavy atom. The molecule has 0 saturated carbocycles. The fourth-order valence-corrected chi connectivity index (χ4v) is 1.16. The largest absolute Gasteiger partial charge is 0.245 e. The van der Waals surface area contributed by atoms with Gasteiger partial charge in [0, 0.05) is 11.9 Å². The molecule has 2 nitrogen and oxygen atoms in total. The SMILES string of the molecule is CCc1cncnc1C(C)C. The normalized spacial score (nSPS) is 10.5. The Labute approximate surface area is 67.7 Å². The van der Waals surface area contributed by atoms with Crippen LogP contribution in [0.3, 0.4) is 0 Å². The van der Waals surface area contributed by atoms with Gasteiger partial charge in [-0.3, -0.25) is 0 Å². The van der Waals surface area contributed by atoms with Gasteiger partial charge < -0.3 is 0 Å². The second kappa shape index (κ2) is 3.46.